The fraction of sp³-hybridized carbons (Fsp3) is 0.455. The lowest BCUT2D eigenvalue weighted by atomic mass is 10.1. The highest BCUT2D eigenvalue weighted by Gasteiger charge is 2.18. The highest BCUT2D eigenvalue weighted by Crippen LogP contribution is 2.29. The molecule has 1 N–H and O–H groups in total. The van der Waals surface area contributed by atoms with Crippen molar-refractivity contribution in [2.75, 3.05) is 18.9 Å². The van der Waals surface area contributed by atoms with Crippen LogP contribution in [0, 0.1) is 0 Å². The van der Waals surface area contributed by atoms with Gasteiger partial charge in [0.1, 0.15) is 16.2 Å². The standard InChI is InChI=1S/C11H16BrNO4S/c1-8(13-18(14,15)7-12)10-5-4-9(16-2)6-11(10)17-3/h4-6,8,13H,7H2,1-3H3. The smallest absolute Gasteiger partial charge is 0.222 e. The molecular formula is C11H16BrNO4S. The van der Waals surface area contributed by atoms with Crippen LogP contribution in [-0.4, -0.2) is 27.3 Å². The van der Waals surface area contributed by atoms with Crippen molar-refractivity contribution in [3.63, 3.8) is 0 Å². The highest BCUT2D eigenvalue weighted by atomic mass is 79.9. The minimum Gasteiger partial charge on any atom is -0.497 e. The van der Waals surface area contributed by atoms with E-state index in [1.54, 1.807) is 32.2 Å². The number of sulfonamides is 1. The van der Waals surface area contributed by atoms with Crippen LogP contribution in [0.15, 0.2) is 18.2 Å². The molecule has 0 radical (unpaired) electrons. The van der Waals surface area contributed by atoms with Gasteiger partial charge in [-0.3, -0.25) is 0 Å². The van der Waals surface area contributed by atoms with Gasteiger partial charge in [-0.15, -0.1) is 0 Å². The largest absolute Gasteiger partial charge is 0.497 e. The maximum Gasteiger partial charge on any atom is 0.222 e. The van der Waals surface area contributed by atoms with Crippen LogP contribution in [0.1, 0.15) is 18.5 Å². The van der Waals surface area contributed by atoms with Crippen molar-refractivity contribution in [3.05, 3.63) is 23.8 Å². The summed E-state index contributed by atoms with van der Waals surface area (Å²) < 4.78 is 35.7. The molecule has 0 aliphatic heterocycles. The summed E-state index contributed by atoms with van der Waals surface area (Å²) in [5, 5.41) is 0. The molecule has 102 valence electrons. The van der Waals surface area contributed by atoms with Gasteiger partial charge >= 0.3 is 0 Å². The highest BCUT2D eigenvalue weighted by molar-refractivity contribution is 9.10. The molecule has 1 rings (SSSR count). The van der Waals surface area contributed by atoms with Gasteiger partial charge in [-0.1, -0.05) is 22.0 Å². The van der Waals surface area contributed by atoms with Gasteiger partial charge in [-0.05, 0) is 13.0 Å². The van der Waals surface area contributed by atoms with Crippen LogP contribution in [0.25, 0.3) is 0 Å². The Morgan fingerprint density at radius 3 is 2.50 bits per heavy atom. The van der Waals surface area contributed by atoms with E-state index in [1.807, 2.05) is 0 Å². The minimum atomic E-state index is -3.33. The average Bonchev–Trinajstić information content (AvgIpc) is 2.37. The van der Waals surface area contributed by atoms with E-state index in [4.69, 9.17) is 9.47 Å². The van der Waals surface area contributed by atoms with E-state index < -0.39 is 10.0 Å². The SMILES string of the molecule is COc1ccc(C(C)NS(=O)(=O)CBr)c(OC)c1. The van der Waals surface area contributed by atoms with Crippen molar-refractivity contribution >= 4 is 26.0 Å². The summed E-state index contributed by atoms with van der Waals surface area (Å²) in [6, 6.07) is 4.87. The first-order chi connectivity index (χ1) is 8.43. The molecule has 0 aliphatic rings. The normalized spacial score (nSPS) is 13.1. The Balaban J connectivity index is 3.02. The van der Waals surface area contributed by atoms with Crippen molar-refractivity contribution in [3.8, 4) is 11.5 Å². The van der Waals surface area contributed by atoms with Crippen molar-refractivity contribution in [1.82, 2.24) is 4.72 Å². The zero-order chi connectivity index (χ0) is 13.8. The Morgan fingerprint density at radius 1 is 1.33 bits per heavy atom. The fourth-order valence-corrected chi connectivity index (χ4v) is 2.67. The summed E-state index contributed by atoms with van der Waals surface area (Å²) in [7, 11) is -0.235. The Kier molecular flexibility index (Phi) is 5.43. The number of alkyl halides is 1. The van der Waals surface area contributed by atoms with E-state index in [0.29, 0.717) is 11.5 Å². The molecular weight excluding hydrogens is 322 g/mol. The number of nitrogens with one attached hydrogen (secondary N) is 1. The fourth-order valence-electron chi connectivity index (χ4n) is 1.54. The van der Waals surface area contributed by atoms with Crippen molar-refractivity contribution in [1.29, 1.82) is 0 Å². The van der Waals surface area contributed by atoms with Crippen LogP contribution >= 0.6 is 15.9 Å². The van der Waals surface area contributed by atoms with E-state index in [-0.39, 0.29) is 10.7 Å². The molecule has 0 aliphatic carbocycles. The van der Waals surface area contributed by atoms with Gasteiger partial charge in [0.25, 0.3) is 0 Å². The van der Waals surface area contributed by atoms with Gasteiger partial charge in [0.2, 0.25) is 10.0 Å². The van der Waals surface area contributed by atoms with Crippen LogP contribution < -0.4 is 14.2 Å². The first-order valence-electron chi connectivity index (χ1n) is 5.21. The topological polar surface area (TPSA) is 64.6 Å². The number of benzene rings is 1. The molecule has 0 saturated carbocycles. The number of ether oxygens (including phenoxy) is 2. The van der Waals surface area contributed by atoms with Crippen LogP contribution in [0.3, 0.4) is 0 Å². The third-order valence-corrected chi connectivity index (χ3v) is 5.22. The summed E-state index contributed by atoms with van der Waals surface area (Å²) in [6.07, 6.45) is 0. The lowest BCUT2D eigenvalue weighted by Crippen LogP contribution is -2.27. The first-order valence-corrected chi connectivity index (χ1v) is 7.98. The van der Waals surface area contributed by atoms with Gasteiger partial charge in [-0.2, -0.15) is 0 Å². The number of halogens is 1. The average molecular weight is 338 g/mol. The molecule has 0 aromatic heterocycles. The van der Waals surface area contributed by atoms with Gasteiger partial charge < -0.3 is 9.47 Å². The van der Waals surface area contributed by atoms with E-state index in [0.717, 1.165) is 5.56 Å². The molecule has 18 heavy (non-hydrogen) atoms. The third-order valence-electron chi connectivity index (χ3n) is 2.41. The first kappa shape index (κ1) is 15.3. The Hall–Kier alpha value is -0.790. The molecule has 0 amide bonds. The van der Waals surface area contributed by atoms with Crippen molar-refractivity contribution in [2.24, 2.45) is 0 Å². The molecule has 7 heteroatoms. The van der Waals surface area contributed by atoms with Crippen LogP contribution in [0.2, 0.25) is 0 Å². The van der Waals surface area contributed by atoms with Crippen LogP contribution in [-0.2, 0) is 10.0 Å². The molecule has 1 atom stereocenters. The molecule has 1 aromatic carbocycles. The van der Waals surface area contributed by atoms with Gasteiger partial charge in [0, 0.05) is 17.7 Å². The van der Waals surface area contributed by atoms with Gasteiger partial charge in [-0.25, -0.2) is 13.1 Å². The molecule has 0 bridgehead atoms. The molecule has 0 heterocycles. The lowest BCUT2D eigenvalue weighted by Gasteiger charge is -2.17. The number of rotatable bonds is 6. The predicted octanol–water partition coefficient (Wildman–Crippen LogP) is 2.04. The van der Waals surface area contributed by atoms with Crippen molar-refractivity contribution in [2.45, 2.75) is 13.0 Å². The summed E-state index contributed by atoms with van der Waals surface area (Å²) >= 11 is 2.93. The van der Waals surface area contributed by atoms with Crippen LogP contribution in [0.5, 0.6) is 11.5 Å². The van der Waals surface area contributed by atoms with Gasteiger partial charge in [0.15, 0.2) is 0 Å². The summed E-state index contributed by atoms with van der Waals surface area (Å²) in [5.74, 6) is 1.24. The minimum absolute atomic E-state index is 0.136. The molecule has 1 aromatic rings. The summed E-state index contributed by atoms with van der Waals surface area (Å²) in [4.78, 5) is 0. The van der Waals surface area contributed by atoms with Crippen molar-refractivity contribution < 1.29 is 17.9 Å². The number of hydrogen-bond acceptors (Lipinski definition) is 4. The van der Waals surface area contributed by atoms with Gasteiger partial charge in [0.05, 0.1) is 14.2 Å². The van der Waals surface area contributed by atoms with E-state index in [9.17, 15) is 8.42 Å². The monoisotopic (exact) mass is 337 g/mol. The maximum atomic E-state index is 11.5. The molecule has 0 spiro atoms. The molecule has 1 unspecified atom stereocenters. The summed E-state index contributed by atoms with van der Waals surface area (Å²) in [5.41, 5.74) is 0.753. The van der Waals surface area contributed by atoms with E-state index in [1.165, 1.54) is 7.11 Å². The zero-order valence-electron chi connectivity index (χ0n) is 10.4. The van der Waals surface area contributed by atoms with Crippen LogP contribution in [0.4, 0.5) is 0 Å². The second-order valence-corrected chi connectivity index (χ2v) is 6.73. The zero-order valence-corrected chi connectivity index (χ0v) is 12.8. The quantitative estimate of drug-likeness (QED) is 0.806. The second-order valence-electron chi connectivity index (χ2n) is 3.67. The third kappa shape index (κ3) is 3.86. The molecule has 5 nitrogen and oxygen atoms in total. The molecule has 0 fully saturated rings. The van der Waals surface area contributed by atoms with E-state index in [2.05, 4.69) is 20.7 Å². The number of methoxy groups -OCH3 is 2. The second kappa shape index (κ2) is 6.40. The molecule has 0 saturated heterocycles. The lowest BCUT2D eigenvalue weighted by molar-refractivity contribution is 0.388. The summed E-state index contributed by atoms with van der Waals surface area (Å²) in [6.45, 7) is 1.75. The number of hydrogen-bond donors (Lipinski definition) is 1. The Morgan fingerprint density at radius 2 is 2.00 bits per heavy atom. The van der Waals surface area contributed by atoms with E-state index >= 15 is 0 Å². The Labute approximate surface area is 116 Å². The maximum absolute atomic E-state index is 11.5. The Bertz CT molecular complexity index is 504. The predicted molar refractivity (Wildman–Crippen MR) is 73.8 cm³/mol.